The fourth-order valence-corrected chi connectivity index (χ4v) is 7.72. The van der Waals surface area contributed by atoms with Crippen molar-refractivity contribution in [1.82, 2.24) is 9.80 Å². The van der Waals surface area contributed by atoms with Crippen molar-refractivity contribution in [2.75, 3.05) is 23.7 Å². The number of carbonyl (C=O) groups is 6. The number of aromatic hydroxyl groups is 2. The molecule has 0 aliphatic carbocycles. The zero-order valence-electron chi connectivity index (χ0n) is 26.3. The van der Waals surface area contributed by atoms with E-state index in [0.29, 0.717) is 60.3 Å². The first-order valence-corrected chi connectivity index (χ1v) is 17.8. The van der Waals surface area contributed by atoms with Crippen LogP contribution in [-0.2, 0) is 19.2 Å². The highest BCUT2D eigenvalue weighted by Crippen LogP contribution is 2.42. The first-order chi connectivity index (χ1) is 23.8. The number of nitrogens with one attached hydrogen (secondary N) is 2. The van der Waals surface area contributed by atoms with Crippen molar-refractivity contribution < 1.29 is 49.2 Å². The molecule has 6 N–H and O–H groups in total. The summed E-state index contributed by atoms with van der Waals surface area (Å²) >= 11 is 12.9. The molecule has 2 heterocycles. The van der Waals surface area contributed by atoms with Gasteiger partial charge in [0.15, 0.2) is 0 Å². The Labute approximate surface area is 305 Å². The molecule has 4 amide bonds. The van der Waals surface area contributed by atoms with Crippen LogP contribution in [-0.4, -0.2) is 87.5 Å². The van der Waals surface area contributed by atoms with Gasteiger partial charge in [0.1, 0.15) is 31.3 Å². The maximum Gasteiger partial charge on any atom is 0.339 e. The Kier molecular flexibility index (Phi) is 13.3. The molecular formula is C32H32N4O10S4. The number of unbranched alkanes of at least 4 members (excludes halogenated alkanes) is 4. The van der Waals surface area contributed by atoms with E-state index >= 15 is 0 Å². The standard InChI is InChI=1S/C32H32N4O10S4/c37-21-15-17(9-11-19(21)29(43)44)33-23(39)7-3-1-5-13-35-27(41)25(49-31(35)47)26-28(42)36(32(48)50-26)14-6-2-4-8-24(40)34-18-10-12-20(30(45)46)22(38)16-18/h9-12,15-16,37-38H,1-8,13-14H2,(H,33,39)(H,34,40)(H,43,44)(H,45,46). The number of hydrogen-bond acceptors (Lipinski definition) is 12. The summed E-state index contributed by atoms with van der Waals surface area (Å²) in [6.45, 7) is 0.617. The minimum Gasteiger partial charge on any atom is -0.507 e. The maximum atomic E-state index is 13.2. The SMILES string of the molecule is O=C(CCCCCN1C(=O)C(=C2SC(=S)N(CCCCCC(=O)Nc3ccc(C(=O)O)c(O)c3)C2=O)SC1=S)Nc1ccc(C(=O)O)c(O)c1. The summed E-state index contributed by atoms with van der Waals surface area (Å²) in [6, 6.07) is 7.50. The number of benzene rings is 2. The van der Waals surface area contributed by atoms with Gasteiger partial charge in [0.25, 0.3) is 11.8 Å². The lowest BCUT2D eigenvalue weighted by Gasteiger charge is -2.14. The molecule has 264 valence electrons. The Morgan fingerprint density at radius 2 is 1.00 bits per heavy atom. The van der Waals surface area contributed by atoms with Crippen molar-refractivity contribution in [3.63, 3.8) is 0 Å². The number of nitrogens with zero attached hydrogens (tertiary/aromatic N) is 2. The highest BCUT2D eigenvalue weighted by Gasteiger charge is 2.41. The largest absolute Gasteiger partial charge is 0.507 e. The molecule has 4 rings (SSSR count). The average Bonchev–Trinajstić information content (AvgIpc) is 3.48. The molecule has 0 saturated carbocycles. The van der Waals surface area contributed by atoms with Crippen LogP contribution >= 0.6 is 48.0 Å². The molecule has 0 atom stereocenters. The number of phenols is 2. The summed E-state index contributed by atoms with van der Waals surface area (Å²) in [4.78, 5) is 76.3. The fraction of sp³-hybridized carbons (Fsp3) is 0.312. The maximum absolute atomic E-state index is 13.2. The summed E-state index contributed by atoms with van der Waals surface area (Å²) in [6.07, 6.45) is 3.69. The molecule has 14 nitrogen and oxygen atoms in total. The number of hydrogen-bond donors (Lipinski definition) is 6. The molecule has 0 radical (unpaired) electrons. The first kappa shape index (κ1) is 38.3. The van der Waals surface area contributed by atoms with E-state index in [4.69, 9.17) is 34.6 Å². The van der Waals surface area contributed by atoms with Gasteiger partial charge in [0.05, 0.1) is 9.81 Å². The van der Waals surface area contributed by atoms with Crippen LogP contribution in [0, 0.1) is 0 Å². The van der Waals surface area contributed by atoms with Crippen molar-refractivity contribution in [1.29, 1.82) is 0 Å². The summed E-state index contributed by atoms with van der Waals surface area (Å²) in [5.41, 5.74) is 0.00205. The van der Waals surface area contributed by atoms with Crippen LogP contribution in [0.4, 0.5) is 11.4 Å². The molecule has 2 aromatic rings. The fourth-order valence-electron chi connectivity index (χ4n) is 4.95. The minimum absolute atomic E-state index is 0.172. The molecule has 2 aliphatic rings. The first-order valence-electron chi connectivity index (χ1n) is 15.3. The predicted octanol–water partition coefficient (Wildman–Crippen LogP) is 5.12. The zero-order chi connectivity index (χ0) is 36.5. The molecular weight excluding hydrogens is 729 g/mol. The summed E-state index contributed by atoms with van der Waals surface area (Å²) in [5.74, 6) is -4.84. The molecule has 0 unspecified atom stereocenters. The van der Waals surface area contributed by atoms with Gasteiger partial charge in [-0.15, -0.1) is 0 Å². The highest BCUT2D eigenvalue weighted by molar-refractivity contribution is 8.29. The second-order valence-electron chi connectivity index (χ2n) is 11.1. The van der Waals surface area contributed by atoms with E-state index in [1.165, 1.54) is 46.2 Å². The molecule has 2 saturated heterocycles. The molecule has 18 heteroatoms. The number of carboxylic acid groups (broad SMARTS) is 2. The topological polar surface area (TPSA) is 214 Å². The summed E-state index contributed by atoms with van der Waals surface area (Å²) in [7, 11) is 0. The highest BCUT2D eigenvalue weighted by atomic mass is 32.2. The van der Waals surface area contributed by atoms with E-state index in [-0.39, 0.29) is 68.8 Å². The Morgan fingerprint density at radius 3 is 1.34 bits per heavy atom. The minimum atomic E-state index is -1.28. The normalized spacial score (nSPS) is 15.9. The van der Waals surface area contributed by atoms with Crippen molar-refractivity contribution in [3.05, 3.63) is 57.3 Å². The Hall–Kier alpha value is -4.52. The summed E-state index contributed by atoms with van der Waals surface area (Å²) < 4.78 is 0.646. The lowest BCUT2D eigenvalue weighted by Crippen LogP contribution is -2.31. The lowest BCUT2D eigenvalue weighted by molar-refractivity contribution is -0.124. The second-order valence-corrected chi connectivity index (χ2v) is 14.4. The van der Waals surface area contributed by atoms with Gasteiger partial charge < -0.3 is 31.1 Å². The number of carboxylic acids is 2. The van der Waals surface area contributed by atoms with Gasteiger partial charge in [-0.25, -0.2) is 9.59 Å². The number of carbonyl (C=O) groups excluding carboxylic acids is 4. The summed E-state index contributed by atoms with van der Waals surface area (Å²) in [5, 5.41) is 42.8. The van der Waals surface area contributed by atoms with Crippen LogP contribution < -0.4 is 10.6 Å². The van der Waals surface area contributed by atoms with E-state index in [9.17, 15) is 39.0 Å². The van der Waals surface area contributed by atoms with Gasteiger partial charge in [-0.3, -0.25) is 29.0 Å². The van der Waals surface area contributed by atoms with Gasteiger partial charge >= 0.3 is 11.9 Å². The smallest absolute Gasteiger partial charge is 0.339 e. The van der Waals surface area contributed by atoms with Crippen molar-refractivity contribution in [2.24, 2.45) is 0 Å². The van der Waals surface area contributed by atoms with E-state index in [0.717, 1.165) is 23.5 Å². The van der Waals surface area contributed by atoms with Crippen molar-refractivity contribution in [3.8, 4) is 11.5 Å². The number of anilines is 2. The molecule has 2 fully saturated rings. The quantitative estimate of drug-likeness (QED) is 0.0745. The van der Waals surface area contributed by atoms with Crippen molar-refractivity contribution in [2.45, 2.75) is 51.4 Å². The van der Waals surface area contributed by atoms with Crippen LogP contribution in [0.1, 0.15) is 72.1 Å². The monoisotopic (exact) mass is 760 g/mol. The third-order valence-corrected chi connectivity index (χ3v) is 10.5. The van der Waals surface area contributed by atoms with Crippen LogP contribution in [0.15, 0.2) is 46.2 Å². The number of thioether (sulfide) groups is 2. The average molecular weight is 761 g/mol. The number of amides is 4. The lowest BCUT2D eigenvalue weighted by atomic mass is 10.1. The predicted molar refractivity (Wildman–Crippen MR) is 195 cm³/mol. The number of rotatable bonds is 16. The Bertz CT molecular complexity index is 1670. The van der Waals surface area contributed by atoms with Crippen LogP contribution in [0.5, 0.6) is 11.5 Å². The Morgan fingerprint density at radius 1 is 0.620 bits per heavy atom. The van der Waals surface area contributed by atoms with E-state index < -0.39 is 23.4 Å². The molecule has 50 heavy (non-hydrogen) atoms. The molecule has 0 spiro atoms. The van der Waals surface area contributed by atoms with E-state index in [2.05, 4.69) is 10.6 Å². The molecule has 2 aromatic carbocycles. The third kappa shape index (κ3) is 9.80. The Balaban J connectivity index is 1.17. The van der Waals surface area contributed by atoms with Gasteiger partial charge in [-0.1, -0.05) is 60.8 Å². The number of thiocarbonyl (C=S) groups is 2. The molecule has 2 aliphatic heterocycles. The van der Waals surface area contributed by atoms with Gasteiger partial charge in [-0.05, 0) is 49.9 Å². The third-order valence-electron chi connectivity index (χ3n) is 7.50. The van der Waals surface area contributed by atoms with E-state index in [1.807, 2.05) is 0 Å². The van der Waals surface area contributed by atoms with Gasteiger partial charge in [-0.2, -0.15) is 0 Å². The van der Waals surface area contributed by atoms with Gasteiger partial charge in [0, 0.05) is 49.4 Å². The van der Waals surface area contributed by atoms with Crippen LogP contribution in [0.2, 0.25) is 0 Å². The molecule has 0 bridgehead atoms. The van der Waals surface area contributed by atoms with Crippen molar-refractivity contribution >= 4 is 104 Å². The van der Waals surface area contributed by atoms with Crippen LogP contribution in [0.3, 0.4) is 0 Å². The zero-order valence-corrected chi connectivity index (χ0v) is 29.6. The molecule has 0 aromatic heterocycles. The van der Waals surface area contributed by atoms with Crippen LogP contribution in [0.25, 0.3) is 0 Å². The number of aromatic carboxylic acids is 2. The van der Waals surface area contributed by atoms with E-state index in [1.54, 1.807) is 0 Å². The van der Waals surface area contributed by atoms with Gasteiger partial charge in [0.2, 0.25) is 11.8 Å². The second kappa shape index (κ2) is 17.4.